The van der Waals surface area contributed by atoms with Crippen LogP contribution in [-0.2, 0) is 22.7 Å². The monoisotopic (exact) mass is 438 g/mol. The molecule has 3 aromatic carbocycles. The van der Waals surface area contributed by atoms with Crippen LogP contribution in [0.4, 0.5) is 0 Å². The van der Waals surface area contributed by atoms with Gasteiger partial charge >= 0.3 is 11.9 Å². The van der Waals surface area contributed by atoms with Crippen molar-refractivity contribution in [1.82, 2.24) is 0 Å². The molecule has 0 atom stereocenters. The summed E-state index contributed by atoms with van der Waals surface area (Å²) in [6.07, 6.45) is 0. The number of aromatic hydroxyl groups is 2. The van der Waals surface area contributed by atoms with Gasteiger partial charge in [0.2, 0.25) is 0 Å². The third kappa shape index (κ3) is 5.28. The number of benzene rings is 3. The van der Waals surface area contributed by atoms with E-state index in [9.17, 15) is 19.8 Å². The van der Waals surface area contributed by atoms with Gasteiger partial charge in [-0.15, -0.1) is 0 Å². The van der Waals surface area contributed by atoms with Crippen LogP contribution in [0.15, 0.2) is 60.7 Å². The highest BCUT2D eigenvalue weighted by Crippen LogP contribution is 2.36. The van der Waals surface area contributed by atoms with Crippen molar-refractivity contribution in [2.45, 2.75) is 13.2 Å². The second-order valence-corrected chi connectivity index (χ2v) is 6.72. The molecule has 0 radical (unpaired) electrons. The van der Waals surface area contributed by atoms with Gasteiger partial charge in [-0.1, -0.05) is 24.3 Å². The van der Waals surface area contributed by atoms with Gasteiger partial charge in [-0.3, -0.25) is 0 Å². The summed E-state index contributed by atoms with van der Waals surface area (Å²) in [5.74, 6) is -1.23. The normalized spacial score (nSPS) is 10.3. The summed E-state index contributed by atoms with van der Waals surface area (Å²) in [6.45, 7) is 0.0422. The molecule has 0 aliphatic rings. The Bertz CT molecular complexity index is 1120. The first-order chi connectivity index (χ1) is 15.4. The maximum Gasteiger partial charge on any atom is 0.342 e. The van der Waals surface area contributed by atoms with Gasteiger partial charge in [-0.05, 0) is 47.5 Å². The second kappa shape index (κ2) is 10.2. The average Bonchev–Trinajstić information content (AvgIpc) is 2.80. The van der Waals surface area contributed by atoms with E-state index in [-0.39, 0.29) is 47.3 Å². The van der Waals surface area contributed by atoms with E-state index in [1.54, 1.807) is 24.3 Å². The van der Waals surface area contributed by atoms with Gasteiger partial charge in [-0.2, -0.15) is 0 Å². The number of methoxy groups -OCH3 is 2. The quantitative estimate of drug-likeness (QED) is 0.511. The second-order valence-electron chi connectivity index (χ2n) is 6.72. The van der Waals surface area contributed by atoms with Crippen LogP contribution in [0.2, 0.25) is 0 Å². The number of hydrogen-bond donors (Lipinski definition) is 2. The number of hydrogen-bond acceptors (Lipinski definition) is 8. The van der Waals surface area contributed by atoms with Gasteiger partial charge in [0, 0.05) is 0 Å². The van der Waals surface area contributed by atoms with Crippen LogP contribution in [0.25, 0.3) is 0 Å². The van der Waals surface area contributed by atoms with Crippen molar-refractivity contribution in [2.75, 3.05) is 14.2 Å². The molecule has 0 bridgehead atoms. The van der Waals surface area contributed by atoms with Crippen molar-refractivity contribution in [3.05, 3.63) is 82.9 Å². The van der Waals surface area contributed by atoms with E-state index in [0.29, 0.717) is 11.1 Å². The van der Waals surface area contributed by atoms with Crippen molar-refractivity contribution in [3.8, 4) is 23.0 Å². The molecular formula is C24H22O8. The smallest absolute Gasteiger partial charge is 0.342 e. The molecule has 0 saturated carbocycles. The van der Waals surface area contributed by atoms with E-state index in [1.807, 2.05) is 0 Å². The fourth-order valence-corrected chi connectivity index (χ4v) is 3.01. The van der Waals surface area contributed by atoms with Gasteiger partial charge in [0.25, 0.3) is 0 Å². The SMILES string of the molecule is COC(=O)c1ccc(OCc2cccc(O)c2)c(OCc2cccc(O)c2)c1C(=O)OC. The number of phenols is 2. The molecule has 3 aromatic rings. The summed E-state index contributed by atoms with van der Waals surface area (Å²) >= 11 is 0. The summed E-state index contributed by atoms with van der Waals surface area (Å²) in [5.41, 5.74) is 1.12. The van der Waals surface area contributed by atoms with Crippen LogP contribution in [-0.4, -0.2) is 36.4 Å². The van der Waals surface area contributed by atoms with Crippen LogP contribution in [0.1, 0.15) is 31.8 Å². The fourth-order valence-electron chi connectivity index (χ4n) is 3.01. The Hall–Kier alpha value is -4.20. The first-order valence-corrected chi connectivity index (χ1v) is 9.58. The Morgan fingerprint density at radius 3 is 1.84 bits per heavy atom. The van der Waals surface area contributed by atoms with Crippen LogP contribution in [0.3, 0.4) is 0 Å². The highest BCUT2D eigenvalue weighted by molar-refractivity contribution is 6.05. The molecule has 166 valence electrons. The number of carbonyl (C=O) groups is 2. The molecule has 2 N–H and O–H groups in total. The van der Waals surface area contributed by atoms with Crippen molar-refractivity contribution in [2.24, 2.45) is 0 Å². The fraction of sp³-hybridized carbons (Fsp3) is 0.167. The predicted octanol–water partition coefficient (Wildman–Crippen LogP) is 3.83. The molecule has 0 amide bonds. The maximum absolute atomic E-state index is 12.6. The van der Waals surface area contributed by atoms with E-state index in [4.69, 9.17) is 18.9 Å². The number of esters is 2. The Morgan fingerprint density at radius 1 is 0.750 bits per heavy atom. The minimum atomic E-state index is -0.806. The Labute approximate surface area is 184 Å². The zero-order chi connectivity index (χ0) is 23.1. The first kappa shape index (κ1) is 22.5. The molecule has 0 unspecified atom stereocenters. The van der Waals surface area contributed by atoms with Crippen LogP contribution in [0, 0.1) is 0 Å². The van der Waals surface area contributed by atoms with Crippen molar-refractivity contribution in [1.29, 1.82) is 0 Å². The Morgan fingerprint density at radius 2 is 1.31 bits per heavy atom. The van der Waals surface area contributed by atoms with Crippen LogP contribution < -0.4 is 9.47 Å². The van der Waals surface area contributed by atoms with Crippen molar-refractivity contribution >= 4 is 11.9 Å². The van der Waals surface area contributed by atoms with E-state index < -0.39 is 11.9 Å². The molecule has 0 fully saturated rings. The van der Waals surface area contributed by atoms with Gasteiger partial charge in [-0.25, -0.2) is 9.59 Å². The molecule has 0 aliphatic heterocycles. The van der Waals surface area contributed by atoms with Crippen LogP contribution in [0.5, 0.6) is 23.0 Å². The van der Waals surface area contributed by atoms with Gasteiger partial charge in [0.05, 0.1) is 19.8 Å². The van der Waals surface area contributed by atoms with Gasteiger partial charge in [0.15, 0.2) is 11.5 Å². The van der Waals surface area contributed by atoms with E-state index in [0.717, 1.165) is 0 Å². The molecule has 0 heterocycles. The molecule has 8 heteroatoms. The first-order valence-electron chi connectivity index (χ1n) is 9.58. The lowest BCUT2D eigenvalue weighted by molar-refractivity contribution is 0.0549. The molecular weight excluding hydrogens is 416 g/mol. The number of ether oxygens (including phenoxy) is 4. The van der Waals surface area contributed by atoms with Gasteiger partial charge in [0.1, 0.15) is 30.3 Å². The lowest BCUT2D eigenvalue weighted by atomic mass is 10.1. The topological polar surface area (TPSA) is 112 Å². The summed E-state index contributed by atoms with van der Waals surface area (Å²) < 4.78 is 21.4. The van der Waals surface area contributed by atoms with Crippen LogP contribution >= 0.6 is 0 Å². The molecule has 0 aromatic heterocycles. The summed E-state index contributed by atoms with van der Waals surface area (Å²) in [6, 6.07) is 15.8. The number of phenolic OH excluding ortho intramolecular Hbond substituents is 2. The zero-order valence-electron chi connectivity index (χ0n) is 17.5. The standard InChI is InChI=1S/C24H22O8/c1-29-23(27)19-9-10-20(31-13-15-5-3-7-17(25)11-15)22(21(19)24(28)30-2)32-14-16-6-4-8-18(26)12-16/h3-12,25-26H,13-14H2,1-2H3. The minimum Gasteiger partial charge on any atom is -0.508 e. The predicted molar refractivity (Wildman–Crippen MR) is 114 cm³/mol. The molecule has 3 rings (SSSR count). The van der Waals surface area contributed by atoms with E-state index >= 15 is 0 Å². The maximum atomic E-state index is 12.6. The van der Waals surface area contributed by atoms with E-state index in [2.05, 4.69) is 0 Å². The van der Waals surface area contributed by atoms with Gasteiger partial charge < -0.3 is 29.2 Å². The average molecular weight is 438 g/mol. The largest absolute Gasteiger partial charge is 0.508 e. The highest BCUT2D eigenvalue weighted by atomic mass is 16.5. The summed E-state index contributed by atoms with van der Waals surface area (Å²) in [4.78, 5) is 24.8. The Balaban J connectivity index is 2.01. The molecule has 0 aliphatic carbocycles. The summed E-state index contributed by atoms with van der Waals surface area (Å²) in [5, 5.41) is 19.3. The summed E-state index contributed by atoms with van der Waals surface area (Å²) in [7, 11) is 2.38. The third-order valence-corrected chi connectivity index (χ3v) is 4.52. The molecule has 0 spiro atoms. The lowest BCUT2D eigenvalue weighted by Gasteiger charge is -2.18. The third-order valence-electron chi connectivity index (χ3n) is 4.52. The molecule has 32 heavy (non-hydrogen) atoms. The number of rotatable bonds is 8. The highest BCUT2D eigenvalue weighted by Gasteiger charge is 2.27. The van der Waals surface area contributed by atoms with Crippen molar-refractivity contribution < 1.29 is 38.7 Å². The Kier molecular flexibility index (Phi) is 7.17. The number of carbonyl (C=O) groups excluding carboxylic acids is 2. The molecule has 8 nitrogen and oxygen atoms in total. The lowest BCUT2D eigenvalue weighted by Crippen LogP contribution is -2.15. The van der Waals surface area contributed by atoms with Crippen molar-refractivity contribution in [3.63, 3.8) is 0 Å². The minimum absolute atomic E-state index is 0.0109. The molecule has 0 saturated heterocycles. The zero-order valence-corrected chi connectivity index (χ0v) is 17.5. The van der Waals surface area contributed by atoms with E-state index in [1.165, 1.54) is 50.6 Å².